The molecule has 0 aromatic heterocycles. The third-order valence-electron chi connectivity index (χ3n) is 3.48. The van der Waals surface area contributed by atoms with E-state index in [1.807, 2.05) is 13.8 Å². The van der Waals surface area contributed by atoms with Crippen LogP contribution >= 0.6 is 24.0 Å². The number of piperazine rings is 1. The molecule has 0 unspecified atom stereocenters. The van der Waals surface area contributed by atoms with Crippen molar-refractivity contribution >= 4 is 41.5 Å². The van der Waals surface area contributed by atoms with Gasteiger partial charge >= 0.3 is 0 Å². The molecule has 0 bridgehead atoms. The Hall–Kier alpha value is -1.30. The molecule has 0 spiro atoms. The van der Waals surface area contributed by atoms with Gasteiger partial charge in [0.05, 0.1) is 10.6 Å². The normalized spacial score (nSPS) is 14.3. The second-order valence-electron chi connectivity index (χ2n) is 5.88. The molecule has 5 nitrogen and oxygen atoms in total. The standard InChI is InChI=1S/C16H22ClN3O2.ClH/c1-11(2)9-15(21)19-12-3-4-14(17)13(10-12)16(22)20-7-5-18-6-8-20;/h3-4,10-11,18H,5-9H2,1-2H3,(H,19,21);1H. The highest BCUT2D eigenvalue weighted by Gasteiger charge is 2.20. The van der Waals surface area contributed by atoms with E-state index in [0.29, 0.717) is 35.8 Å². The highest BCUT2D eigenvalue weighted by Crippen LogP contribution is 2.23. The molecule has 0 radical (unpaired) electrons. The van der Waals surface area contributed by atoms with E-state index >= 15 is 0 Å². The van der Waals surface area contributed by atoms with Crippen molar-refractivity contribution in [2.75, 3.05) is 31.5 Å². The molecule has 1 aromatic carbocycles. The zero-order chi connectivity index (χ0) is 16.1. The third-order valence-corrected chi connectivity index (χ3v) is 3.81. The van der Waals surface area contributed by atoms with Gasteiger partial charge in [0.2, 0.25) is 5.91 Å². The maximum absolute atomic E-state index is 12.5. The van der Waals surface area contributed by atoms with E-state index in [2.05, 4.69) is 10.6 Å². The van der Waals surface area contributed by atoms with E-state index in [4.69, 9.17) is 11.6 Å². The minimum atomic E-state index is -0.0912. The van der Waals surface area contributed by atoms with Gasteiger partial charge < -0.3 is 15.5 Å². The van der Waals surface area contributed by atoms with Crippen LogP contribution in [0.5, 0.6) is 0 Å². The molecule has 1 saturated heterocycles. The summed E-state index contributed by atoms with van der Waals surface area (Å²) in [6.07, 6.45) is 0.448. The van der Waals surface area contributed by atoms with Crippen LogP contribution in [0, 0.1) is 5.92 Å². The van der Waals surface area contributed by atoms with Gasteiger partial charge in [0.15, 0.2) is 0 Å². The Morgan fingerprint density at radius 3 is 2.57 bits per heavy atom. The number of anilines is 1. The first-order valence-electron chi connectivity index (χ1n) is 7.56. The Balaban J connectivity index is 0.00000264. The van der Waals surface area contributed by atoms with Crippen molar-refractivity contribution < 1.29 is 9.59 Å². The lowest BCUT2D eigenvalue weighted by atomic mass is 10.1. The molecule has 2 N–H and O–H groups in total. The number of halogens is 2. The first-order valence-corrected chi connectivity index (χ1v) is 7.94. The van der Waals surface area contributed by atoms with E-state index in [1.54, 1.807) is 23.1 Å². The second-order valence-corrected chi connectivity index (χ2v) is 6.29. The topological polar surface area (TPSA) is 61.4 Å². The minimum Gasteiger partial charge on any atom is -0.336 e. The molecule has 1 aromatic rings. The smallest absolute Gasteiger partial charge is 0.255 e. The van der Waals surface area contributed by atoms with Gasteiger partial charge in [0.1, 0.15) is 0 Å². The lowest BCUT2D eigenvalue weighted by Crippen LogP contribution is -2.46. The van der Waals surface area contributed by atoms with Crippen molar-refractivity contribution in [2.45, 2.75) is 20.3 Å². The monoisotopic (exact) mass is 359 g/mol. The first-order chi connectivity index (χ1) is 10.5. The van der Waals surface area contributed by atoms with E-state index in [-0.39, 0.29) is 30.1 Å². The van der Waals surface area contributed by atoms with Gasteiger partial charge in [-0.05, 0) is 24.1 Å². The molecule has 0 saturated carbocycles. The summed E-state index contributed by atoms with van der Waals surface area (Å²) in [6.45, 7) is 6.88. The van der Waals surface area contributed by atoms with Gasteiger partial charge in [-0.1, -0.05) is 25.4 Å². The average molecular weight is 360 g/mol. The van der Waals surface area contributed by atoms with Gasteiger partial charge in [-0.15, -0.1) is 12.4 Å². The molecule has 23 heavy (non-hydrogen) atoms. The summed E-state index contributed by atoms with van der Waals surface area (Å²) in [5.41, 5.74) is 1.04. The van der Waals surface area contributed by atoms with Gasteiger partial charge in [0, 0.05) is 38.3 Å². The molecule has 1 heterocycles. The number of benzene rings is 1. The van der Waals surface area contributed by atoms with Gasteiger partial charge in [-0.2, -0.15) is 0 Å². The number of nitrogens with zero attached hydrogens (tertiary/aromatic N) is 1. The summed E-state index contributed by atoms with van der Waals surface area (Å²) in [7, 11) is 0. The van der Waals surface area contributed by atoms with Crippen LogP contribution in [0.3, 0.4) is 0 Å². The Morgan fingerprint density at radius 1 is 1.30 bits per heavy atom. The van der Waals surface area contributed by atoms with Crippen molar-refractivity contribution in [1.29, 1.82) is 0 Å². The van der Waals surface area contributed by atoms with Crippen LogP contribution in [0.25, 0.3) is 0 Å². The quantitative estimate of drug-likeness (QED) is 0.868. The van der Waals surface area contributed by atoms with Crippen molar-refractivity contribution in [3.63, 3.8) is 0 Å². The molecular formula is C16H23Cl2N3O2. The highest BCUT2D eigenvalue weighted by atomic mass is 35.5. The summed E-state index contributed by atoms with van der Waals surface area (Å²) in [5.74, 6) is 0.138. The molecule has 1 aliphatic heterocycles. The van der Waals surface area contributed by atoms with Crippen molar-refractivity contribution in [3.8, 4) is 0 Å². The summed E-state index contributed by atoms with van der Waals surface area (Å²) in [6, 6.07) is 5.03. The molecule has 128 valence electrons. The number of carbonyl (C=O) groups is 2. The number of rotatable bonds is 4. The molecule has 2 amide bonds. The predicted molar refractivity (Wildman–Crippen MR) is 95.6 cm³/mol. The Morgan fingerprint density at radius 2 is 1.96 bits per heavy atom. The fourth-order valence-electron chi connectivity index (χ4n) is 2.39. The van der Waals surface area contributed by atoms with Crippen LogP contribution in [0.1, 0.15) is 30.6 Å². The SMILES string of the molecule is CC(C)CC(=O)Nc1ccc(Cl)c(C(=O)N2CCNCC2)c1.Cl. The third kappa shape index (κ3) is 5.68. The van der Waals surface area contributed by atoms with Crippen molar-refractivity contribution in [2.24, 2.45) is 5.92 Å². The van der Waals surface area contributed by atoms with Crippen molar-refractivity contribution in [3.05, 3.63) is 28.8 Å². The molecule has 0 atom stereocenters. The lowest BCUT2D eigenvalue weighted by molar-refractivity contribution is -0.116. The zero-order valence-electron chi connectivity index (χ0n) is 13.4. The Bertz CT molecular complexity index is 558. The molecule has 0 aliphatic carbocycles. The first kappa shape index (κ1) is 19.7. The summed E-state index contributed by atoms with van der Waals surface area (Å²) >= 11 is 6.16. The fraction of sp³-hybridized carbons (Fsp3) is 0.500. The lowest BCUT2D eigenvalue weighted by Gasteiger charge is -2.27. The van der Waals surface area contributed by atoms with E-state index in [0.717, 1.165) is 13.1 Å². The van der Waals surface area contributed by atoms with Crippen LogP contribution in [0.4, 0.5) is 5.69 Å². The number of carbonyl (C=O) groups excluding carboxylic acids is 2. The molecule has 7 heteroatoms. The largest absolute Gasteiger partial charge is 0.336 e. The summed E-state index contributed by atoms with van der Waals surface area (Å²) < 4.78 is 0. The summed E-state index contributed by atoms with van der Waals surface area (Å²) in [5, 5.41) is 6.43. The number of amides is 2. The van der Waals surface area contributed by atoms with Gasteiger partial charge in [0.25, 0.3) is 5.91 Å². The van der Waals surface area contributed by atoms with Gasteiger partial charge in [-0.3, -0.25) is 9.59 Å². The number of nitrogens with one attached hydrogen (secondary N) is 2. The van der Waals surface area contributed by atoms with E-state index < -0.39 is 0 Å². The van der Waals surface area contributed by atoms with E-state index in [9.17, 15) is 9.59 Å². The van der Waals surface area contributed by atoms with Gasteiger partial charge in [-0.25, -0.2) is 0 Å². The Labute approximate surface area is 148 Å². The molecular weight excluding hydrogens is 337 g/mol. The number of hydrogen-bond acceptors (Lipinski definition) is 3. The maximum atomic E-state index is 12.5. The van der Waals surface area contributed by atoms with Crippen LogP contribution in [0.15, 0.2) is 18.2 Å². The maximum Gasteiger partial charge on any atom is 0.255 e. The van der Waals surface area contributed by atoms with Crippen LogP contribution < -0.4 is 10.6 Å². The van der Waals surface area contributed by atoms with Crippen LogP contribution in [0.2, 0.25) is 5.02 Å². The molecule has 1 fully saturated rings. The molecule has 2 rings (SSSR count). The summed E-state index contributed by atoms with van der Waals surface area (Å²) in [4.78, 5) is 26.2. The zero-order valence-corrected chi connectivity index (χ0v) is 15.0. The predicted octanol–water partition coefficient (Wildman–Crippen LogP) is 2.79. The van der Waals surface area contributed by atoms with Crippen LogP contribution in [-0.4, -0.2) is 42.9 Å². The Kier molecular flexibility index (Phi) is 7.82. The highest BCUT2D eigenvalue weighted by molar-refractivity contribution is 6.34. The average Bonchev–Trinajstić information content (AvgIpc) is 2.48. The van der Waals surface area contributed by atoms with E-state index in [1.165, 1.54) is 0 Å². The minimum absolute atomic E-state index is 0. The fourth-order valence-corrected chi connectivity index (χ4v) is 2.59. The molecule has 1 aliphatic rings. The van der Waals surface area contributed by atoms with Crippen molar-refractivity contribution in [1.82, 2.24) is 10.2 Å². The van der Waals surface area contributed by atoms with Crippen LogP contribution in [-0.2, 0) is 4.79 Å². The second kappa shape index (κ2) is 9.11. The number of hydrogen-bond donors (Lipinski definition) is 2.